The molecular formula is C4H14O4SSi2. The van der Waals surface area contributed by atoms with Gasteiger partial charge in [0.2, 0.25) is 0 Å². The molecule has 0 atom stereocenters. The lowest BCUT2D eigenvalue weighted by Gasteiger charge is -2.09. The molecule has 0 aromatic heterocycles. The fourth-order valence-electron chi connectivity index (χ4n) is 0.494. The molecule has 68 valence electrons. The summed E-state index contributed by atoms with van der Waals surface area (Å²) >= 11 is 0. The van der Waals surface area contributed by atoms with Crippen LogP contribution in [0, 0.1) is 0 Å². The topological polar surface area (TPSA) is 52.6 Å². The Hall–Kier alpha value is 0.304. The predicted octanol–water partition coefficient (Wildman–Crippen LogP) is 0.231. The maximum Gasteiger partial charge on any atom is 0.379 e. The molecule has 0 radical (unpaired) electrons. The summed E-state index contributed by atoms with van der Waals surface area (Å²) in [4.78, 5) is 0. The molecule has 0 saturated carbocycles. The van der Waals surface area contributed by atoms with Crippen molar-refractivity contribution in [3.63, 3.8) is 0 Å². The van der Waals surface area contributed by atoms with Crippen molar-refractivity contribution >= 4 is 28.5 Å². The highest BCUT2D eigenvalue weighted by Gasteiger charge is 2.16. The zero-order valence-corrected chi connectivity index (χ0v) is 10.3. The van der Waals surface area contributed by atoms with Crippen LogP contribution in [-0.2, 0) is 18.1 Å². The van der Waals surface area contributed by atoms with Gasteiger partial charge in [-0.15, -0.1) is 0 Å². The SMILES string of the molecule is C[SiH](C)OS(=O)(=O)O[SiH](C)C. The maximum atomic E-state index is 10.9. The standard InChI is InChI=1S/C4H14O4SSi2/c1-10(2)7-9(5,6)8-11(3)4/h10-11H,1-4H3. The third-order valence-corrected chi connectivity index (χ3v) is 5.59. The smallest absolute Gasteiger partial charge is 0.299 e. The molecule has 0 amide bonds. The molecule has 0 spiro atoms. The van der Waals surface area contributed by atoms with E-state index >= 15 is 0 Å². The van der Waals surface area contributed by atoms with Gasteiger partial charge in [0.05, 0.1) is 0 Å². The molecule has 0 bridgehead atoms. The minimum atomic E-state index is -3.66. The average molecular weight is 214 g/mol. The first-order valence-corrected chi connectivity index (χ1v) is 10.3. The highest BCUT2D eigenvalue weighted by molar-refractivity contribution is 7.83. The summed E-state index contributed by atoms with van der Waals surface area (Å²) in [6, 6.07) is 0. The van der Waals surface area contributed by atoms with Crippen LogP contribution in [0.15, 0.2) is 0 Å². The van der Waals surface area contributed by atoms with Gasteiger partial charge < -0.3 is 0 Å². The second kappa shape index (κ2) is 4.36. The molecule has 11 heavy (non-hydrogen) atoms. The van der Waals surface area contributed by atoms with Crippen molar-refractivity contribution in [3.05, 3.63) is 0 Å². The van der Waals surface area contributed by atoms with Gasteiger partial charge in [-0.25, -0.2) is 0 Å². The van der Waals surface area contributed by atoms with Crippen LogP contribution in [0.1, 0.15) is 0 Å². The van der Waals surface area contributed by atoms with Gasteiger partial charge in [0.1, 0.15) is 0 Å². The molecule has 0 unspecified atom stereocenters. The van der Waals surface area contributed by atoms with Gasteiger partial charge in [-0.2, -0.15) is 8.42 Å². The largest absolute Gasteiger partial charge is 0.379 e. The van der Waals surface area contributed by atoms with Crippen molar-refractivity contribution in [3.8, 4) is 0 Å². The molecule has 4 nitrogen and oxygen atoms in total. The minimum Gasteiger partial charge on any atom is -0.299 e. The number of hydrogen-bond donors (Lipinski definition) is 0. The van der Waals surface area contributed by atoms with E-state index in [0.717, 1.165) is 0 Å². The molecule has 0 aliphatic heterocycles. The van der Waals surface area contributed by atoms with Crippen molar-refractivity contribution in [1.82, 2.24) is 0 Å². The van der Waals surface area contributed by atoms with Crippen LogP contribution in [0.25, 0.3) is 0 Å². The van der Waals surface area contributed by atoms with Crippen LogP contribution < -0.4 is 0 Å². The third kappa shape index (κ3) is 6.69. The fraction of sp³-hybridized carbons (Fsp3) is 1.00. The van der Waals surface area contributed by atoms with E-state index in [1.165, 1.54) is 0 Å². The van der Waals surface area contributed by atoms with Gasteiger partial charge in [0, 0.05) is 0 Å². The highest BCUT2D eigenvalue weighted by Crippen LogP contribution is 2.00. The van der Waals surface area contributed by atoms with E-state index in [4.69, 9.17) is 0 Å². The second-order valence-corrected chi connectivity index (χ2v) is 9.25. The molecule has 0 aliphatic rings. The normalized spacial score (nSPS) is 12.9. The molecule has 0 aliphatic carbocycles. The summed E-state index contributed by atoms with van der Waals surface area (Å²) in [7, 11) is -6.75. The summed E-state index contributed by atoms with van der Waals surface area (Å²) in [5.74, 6) is 0. The lowest BCUT2D eigenvalue weighted by atomic mass is 11.9. The fourth-order valence-corrected chi connectivity index (χ4v) is 4.86. The minimum absolute atomic E-state index is 1.55. The summed E-state index contributed by atoms with van der Waals surface area (Å²) in [5, 5.41) is 0. The molecule has 0 heterocycles. The highest BCUT2D eigenvalue weighted by atomic mass is 32.3. The molecule has 0 saturated heterocycles. The quantitative estimate of drug-likeness (QED) is 0.629. The number of rotatable bonds is 4. The first-order valence-electron chi connectivity index (χ1n) is 3.45. The average Bonchev–Trinajstić information content (AvgIpc) is 1.53. The van der Waals surface area contributed by atoms with Crippen LogP contribution in [-0.4, -0.2) is 26.5 Å². The number of hydrogen-bond acceptors (Lipinski definition) is 4. The Balaban J connectivity index is 4.03. The van der Waals surface area contributed by atoms with Crippen molar-refractivity contribution in [1.29, 1.82) is 0 Å². The van der Waals surface area contributed by atoms with Gasteiger partial charge in [0.15, 0.2) is 18.1 Å². The molecule has 0 aromatic carbocycles. The van der Waals surface area contributed by atoms with Crippen LogP contribution in [0.3, 0.4) is 0 Å². The van der Waals surface area contributed by atoms with Gasteiger partial charge in [-0.3, -0.25) is 7.74 Å². The molecular weight excluding hydrogens is 200 g/mol. The van der Waals surface area contributed by atoms with E-state index in [1.807, 2.05) is 0 Å². The van der Waals surface area contributed by atoms with Crippen molar-refractivity contribution in [2.24, 2.45) is 0 Å². The molecule has 0 aromatic rings. The Bertz CT molecular complexity index is 182. The summed E-state index contributed by atoms with van der Waals surface area (Å²) in [6.45, 7) is 7.12. The van der Waals surface area contributed by atoms with E-state index in [2.05, 4.69) is 7.74 Å². The maximum absolute atomic E-state index is 10.9. The first kappa shape index (κ1) is 11.3. The van der Waals surface area contributed by atoms with Gasteiger partial charge in [-0.05, 0) is 26.2 Å². The second-order valence-electron chi connectivity index (χ2n) is 2.70. The Labute approximate surface area is 71.3 Å². The van der Waals surface area contributed by atoms with Crippen LogP contribution >= 0.6 is 0 Å². The van der Waals surface area contributed by atoms with E-state index in [0.29, 0.717) is 0 Å². The Morgan fingerprint density at radius 3 is 1.36 bits per heavy atom. The van der Waals surface area contributed by atoms with E-state index in [1.54, 1.807) is 26.2 Å². The Kier molecular flexibility index (Phi) is 4.48. The van der Waals surface area contributed by atoms with E-state index in [-0.39, 0.29) is 0 Å². The van der Waals surface area contributed by atoms with E-state index in [9.17, 15) is 8.42 Å². The summed E-state index contributed by atoms with van der Waals surface area (Å²) < 4.78 is 31.1. The molecule has 0 rings (SSSR count). The van der Waals surface area contributed by atoms with Crippen LogP contribution in [0.5, 0.6) is 0 Å². The zero-order chi connectivity index (χ0) is 9.07. The van der Waals surface area contributed by atoms with Crippen molar-refractivity contribution < 1.29 is 16.2 Å². The molecule has 0 N–H and O–H groups in total. The predicted molar refractivity (Wildman–Crippen MR) is 48.8 cm³/mol. The summed E-state index contributed by atoms with van der Waals surface area (Å²) in [5.41, 5.74) is 0. The third-order valence-electron chi connectivity index (χ3n) is 0.621. The van der Waals surface area contributed by atoms with Crippen LogP contribution in [0.4, 0.5) is 0 Å². The van der Waals surface area contributed by atoms with Gasteiger partial charge in [-0.1, -0.05) is 0 Å². The molecule has 7 heteroatoms. The monoisotopic (exact) mass is 214 g/mol. The Morgan fingerprint density at radius 2 is 1.18 bits per heavy atom. The summed E-state index contributed by atoms with van der Waals surface area (Å²) in [6.07, 6.45) is 0. The Morgan fingerprint density at radius 1 is 0.909 bits per heavy atom. The van der Waals surface area contributed by atoms with Gasteiger partial charge >= 0.3 is 10.4 Å². The van der Waals surface area contributed by atoms with Crippen molar-refractivity contribution in [2.45, 2.75) is 26.2 Å². The molecule has 0 fully saturated rings. The lowest BCUT2D eigenvalue weighted by molar-refractivity contribution is 0.402. The van der Waals surface area contributed by atoms with Crippen molar-refractivity contribution in [2.75, 3.05) is 0 Å². The first-order chi connectivity index (χ1) is 4.83. The van der Waals surface area contributed by atoms with Crippen LogP contribution in [0.2, 0.25) is 26.2 Å². The lowest BCUT2D eigenvalue weighted by Crippen LogP contribution is -2.22. The zero-order valence-electron chi connectivity index (χ0n) is 7.20. The van der Waals surface area contributed by atoms with E-state index < -0.39 is 28.5 Å². The van der Waals surface area contributed by atoms with Gasteiger partial charge in [0.25, 0.3) is 0 Å².